The van der Waals surface area contributed by atoms with Crippen molar-refractivity contribution in [3.8, 4) is 17.0 Å². The number of methoxy groups -OCH3 is 1. The van der Waals surface area contributed by atoms with E-state index in [9.17, 15) is 13.6 Å². The van der Waals surface area contributed by atoms with Crippen LogP contribution in [0, 0.1) is 11.6 Å². The van der Waals surface area contributed by atoms with E-state index < -0.39 is 17.6 Å². The minimum absolute atomic E-state index is 0.0697. The maximum atomic E-state index is 14.6. The predicted octanol–water partition coefficient (Wildman–Crippen LogP) is 6.25. The number of hydrogen-bond donors (Lipinski definition) is 0. The maximum absolute atomic E-state index is 14.6. The van der Waals surface area contributed by atoms with Crippen LogP contribution in [0.5, 0.6) is 5.88 Å². The molecule has 0 saturated carbocycles. The Hall–Kier alpha value is -4.00. The van der Waals surface area contributed by atoms with Crippen LogP contribution in [0.2, 0.25) is 0 Å². The van der Waals surface area contributed by atoms with Crippen molar-refractivity contribution in [2.24, 2.45) is 0 Å². The molecular formula is C27H24F2N2O3. The van der Waals surface area contributed by atoms with Gasteiger partial charge in [-0.3, -0.25) is 0 Å². The molecule has 0 amide bonds. The van der Waals surface area contributed by atoms with E-state index in [0.29, 0.717) is 22.5 Å². The number of fused-ring (bicyclic) bond motifs is 1. The normalized spacial score (nSPS) is 11.3. The Kier molecular flexibility index (Phi) is 6.72. The number of halogens is 2. The predicted molar refractivity (Wildman–Crippen MR) is 128 cm³/mol. The smallest absolute Gasteiger partial charge is 0.355 e. The first-order valence-electron chi connectivity index (χ1n) is 10.9. The van der Waals surface area contributed by atoms with Gasteiger partial charge in [-0.25, -0.2) is 18.6 Å². The van der Waals surface area contributed by atoms with E-state index in [0.717, 1.165) is 29.1 Å². The summed E-state index contributed by atoms with van der Waals surface area (Å²) >= 11 is 0. The van der Waals surface area contributed by atoms with E-state index in [4.69, 9.17) is 9.47 Å². The van der Waals surface area contributed by atoms with Crippen molar-refractivity contribution in [3.05, 3.63) is 89.3 Å². The Morgan fingerprint density at radius 2 is 1.97 bits per heavy atom. The van der Waals surface area contributed by atoms with Gasteiger partial charge in [-0.1, -0.05) is 18.2 Å². The Morgan fingerprint density at radius 3 is 2.71 bits per heavy atom. The van der Waals surface area contributed by atoms with Crippen LogP contribution in [0.1, 0.15) is 35.5 Å². The molecule has 2 aromatic carbocycles. The zero-order chi connectivity index (χ0) is 24.2. The summed E-state index contributed by atoms with van der Waals surface area (Å²) in [6, 6.07) is 12.5. The molecule has 7 heteroatoms. The van der Waals surface area contributed by atoms with E-state index in [-0.39, 0.29) is 24.4 Å². The highest BCUT2D eigenvalue weighted by atomic mass is 19.1. The Bertz CT molecular complexity index is 1390. The van der Waals surface area contributed by atoms with Crippen molar-refractivity contribution in [1.29, 1.82) is 0 Å². The van der Waals surface area contributed by atoms with Crippen LogP contribution in [-0.4, -0.2) is 29.2 Å². The first kappa shape index (κ1) is 23.2. The lowest BCUT2D eigenvalue weighted by Gasteiger charge is -2.13. The van der Waals surface area contributed by atoms with Crippen LogP contribution in [0.4, 0.5) is 8.78 Å². The minimum Gasteiger partial charge on any atom is -0.481 e. The molecule has 0 aliphatic heterocycles. The lowest BCUT2D eigenvalue weighted by molar-refractivity contribution is 0.0516. The molecule has 0 aliphatic rings. The molecule has 2 heterocycles. The quantitative estimate of drug-likeness (QED) is 0.305. The van der Waals surface area contributed by atoms with Crippen LogP contribution < -0.4 is 4.74 Å². The number of carbonyl (C=O) groups is 1. The summed E-state index contributed by atoms with van der Waals surface area (Å²) < 4.78 is 41.1. The van der Waals surface area contributed by atoms with Gasteiger partial charge in [0, 0.05) is 33.8 Å². The maximum Gasteiger partial charge on any atom is 0.355 e. The minimum atomic E-state index is -0.580. The lowest BCUT2D eigenvalue weighted by Crippen LogP contribution is -2.15. The summed E-state index contributed by atoms with van der Waals surface area (Å²) in [6.45, 7) is 3.71. The number of esters is 1. The topological polar surface area (TPSA) is 53.4 Å². The number of nitrogens with zero attached hydrogens (tertiary/aromatic N) is 2. The van der Waals surface area contributed by atoms with Crippen molar-refractivity contribution in [1.82, 2.24) is 9.55 Å². The average Bonchev–Trinajstić information content (AvgIpc) is 3.15. The molecule has 0 radical (unpaired) electrons. The fourth-order valence-electron chi connectivity index (χ4n) is 4.10. The number of allylic oxidation sites excluding steroid dienone is 1. The second-order valence-corrected chi connectivity index (χ2v) is 7.60. The highest BCUT2D eigenvalue weighted by Gasteiger charge is 2.28. The van der Waals surface area contributed by atoms with Crippen molar-refractivity contribution >= 4 is 22.9 Å². The SMILES string of the molecule is C/C=C\c1ccc2c(c1)c(-c1cccnc1OC)c(C(=O)OCC)n2Cc1cc(F)ccc1F. The van der Waals surface area contributed by atoms with Gasteiger partial charge in [-0.15, -0.1) is 0 Å². The third-order valence-corrected chi connectivity index (χ3v) is 5.49. The standard InChI is InChI=1S/C27H24F2N2O3/c1-4-7-17-9-12-23-21(14-17)24(20-8-6-13-30-26(20)33-3)25(27(32)34-5-2)31(23)16-18-15-19(28)10-11-22(18)29/h4,6-15H,5,16H2,1-3H3/b7-4-. The van der Waals surface area contributed by atoms with Gasteiger partial charge in [0.05, 0.1) is 20.3 Å². The van der Waals surface area contributed by atoms with Gasteiger partial charge >= 0.3 is 5.97 Å². The largest absolute Gasteiger partial charge is 0.481 e. The Labute approximate surface area is 196 Å². The second kappa shape index (κ2) is 9.87. The van der Waals surface area contributed by atoms with Crippen molar-refractivity contribution < 1.29 is 23.0 Å². The van der Waals surface area contributed by atoms with Crippen LogP contribution >= 0.6 is 0 Å². The summed E-state index contributed by atoms with van der Waals surface area (Å²) in [5.41, 5.74) is 3.06. The number of aromatic nitrogens is 2. The summed E-state index contributed by atoms with van der Waals surface area (Å²) in [7, 11) is 1.50. The lowest BCUT2D eigenvalue weighted by atomic mass is 10.0. The van der Waals surface area contributed by atoms with Crippen LogP contribution in [0.15, 0.2) is 60.8 Å². The van der Waals surface area contributed by atoms with E-state index in [1.165, 1.54) is 7.11 Å². The summed E-state index contributed by atoms with van der Waals surface area (Å²) in [4.78, 5) is 17.6. The monoisotopic (exact) mass is 462 g/mol. The molecule has 0 unspecified atom stereocenters. The van der Waals surface area contributed by atoms with Gasteiger partial charge in [-0.2, -0.15) is 0 Å². The number of ether oxygens (including phenoxy) is 2. The van der Waals surface area contributed by atoms with Crippen LogP contribution in [0.3, 0.4) is 0 Å². The molecule has 0 spiro atoms. The molecule has 2 aromatic heterocycles. The third-order valence-electron chi connectivity index (χ3n) is 5.49. The number of pyridine rings is 1. The molecule has 5 nitrogen and oxygen atoms in total. The Morgan fingerprint density at radius 1 is 1.15 bits per heavy atom. The molecule has 0 atom stereocenters. The van der Waals surface area contributed by atoms with Crippen molar-refractivity contribution in [2.75, 3.05) is 13.7 Å². The third kappa shape index (κ3) is 4.29. The molecule has 0 N–H and O–H groups in total. The van der Waals surface area contributed by atoms with Gasteiger partial charge in [0.15, 0.2) is 0 Å². The first-order valence-corrected chi connectivity index (χ1v) is 10.9. The van der Waals surface area contributed by atoms with E-state index in [1.54, 1.807) is 29.8 Å². The first-order chi connectivity index (χ1) is 16.5. The van der Waals surface area contributed by atoms with E-state index >= 15 is 0 Å². The number of carbonyl (C=O) groups excluding carboxylic acids is 1. The van der Waals surface area contributed by atoms with Crippen molar-refractivity contribution in [3.63, 3.8) is 0 Å². The van der Waals surface area contributed by atoms with Gasteiger partial charge in [0.25, 0.3) is 0 Å². The molecular weight excluding hydrogens is 438 g/mol. The van der Waals surface area contributed by atoms with Gasteiger partial charge < -0.3 is 14.0 Å². The molecule has 0 saturated heterocycles. The van der Waals surface area contributed by atoms with E-state index in [1.807, 2.05) is 37.3 Å². The molecule has 4 rings (SSSR count). The van der Waals surface area contributed by atoms with Gasteiger partial charge in [-0.05, 0) is 61.9 Å². The van der Waals surface area contributed by atoms with Crippen LogP contribution in [0.25, 0.3) is 28.1 Å². The molecule has 4 aromatic rings. The second-order valence-electron chi connectivity index (χ2n) is 7.60. The number of benzene rings is 2. The summed E-state index contributed by atoms with van der Waals surface area (Å²) in [6.07, 6.45) is 5.45. The van der Waals surface area contributed by atoms with Crippen molar-refractivity contribution in [2.45, 2.75) is 20.4 Å². The molecule has 174 valence electrons. The highest BCUT2D eigenvalue weighted by molar-refractivity contribution is 6.10. The fourth-order valence-corrected chi connectivity index (χ4v) is 4.10. The zero-order valence-electron chi connectivity index (χ0n) is 19.1. The van der Waals surface area contributed by atoms with Gasteiger partial charge in [0.2, 0.25) is 5.88 Å². The zero-order valence-corrected chi connectivity index (χ0v) is 19.1. The average molecular weight is 462 g/mol. The Balaban J connectivity index is 2.10. The van der Waals surface area contributed by atoms with Crippen LogP contribution in [-0.2, 0) is 11.3 Å². The molecule has 34 heavy (non-hydrogen) atoms. The number of rotatable bonds is 7. The number of hydrogen-bond acceptors (Lipinski definition) is 4. The summed E-state index contributed by atoms with van der Waals surface area (Å²) in [5.74, 6) is -1.37. The fraction of sp³-hybridized carbons (Fsp3) is 0.185. The molecule has 0 aliphatic carbocycles. The molecule has 0 bridgehead atoms. The molecule has 0 fully saturated rings. The highest BCUT2D eigenvalue weighted by Crippen LogP contribution is 2.40. The van der Waals surface area contributed by atoms with E-state index in [2.05, 4.69) is 4.98 Å². The summed E-state index contributed by atoms with van der Waals surface area (Å²) in [5, 5.41) is 0.738. The van der Waals surface area contributed by atoms with Gasteiger partial charge in [0.1, 0.15) is 17.3 Å².